The van der Waals surface area contributed by atoms with E-state index < -0.39 is 0 Å². The Morgan fingerprint density at radius 2 is 2.29 bits per heavy atom. The molecule has 116 valence electrons. The van der Waals surface area contributed by atoms with Crippen molar-refractivity contribution in [2.75, 3.05) is 13.2 Å². The Labute approximate surface area is 132 Å². The van der Waals surface area contributed by atoms with Crippen LogP contribution in [0.25, 0.3) is 0 Å². The molecule has 1 N–H and O–H groups in total. The smallest absolute Gasteiger partial charge is 0.124 e. The largest absolute Gasteiger partial charge is 0.490 e. The molecule has 0 radical (unpaired) electrons. The average molecular weight is 310 g/mol. The summed E-state index contributed by atoms with van der Waals surface area (Å²) in [5.74, 6) is 0.960. The van der Waals surface area contributed by atoms with Crippen molar-refractivity contribution in [3.8, 4) is 5.75 Å². The number of benzene rings is 1. The van der Waals surface area contributed by atoms with E-state index in [1.165, 1.54) is 19.3 Å². The van der Waals surface area contributed by atoms with E-state index in [2.05, 4.69) is 12.2 Å². The first-order valence-electron chi connectivity index (χ1n) is 8.00. The first kappa shape index (κ1) is 15.1. The van der Waals surface area contributed by atoms with Crippen molar-refractivity contribution >= 4 is 11.6 Å². The molecule has 0 aromatic heterocycles. The molecule has 1 heterocycles. The van der Waals surface area contributed by atoms with Crippen molar-refractivity contribution in [1.29, 1.82) is 0 Å². The second-order valence-corrected chi connectivity index (χ2v) is 6.59. The molecule has 3 nitrogen and oxygen atoms in total. The van der Waals surface area contributed by atoms with Crippen molar-refractivity contribution in [3.63, 3.8) is 0 Å². The maximum absolute atomic E-state index is 6.29. The molecule has 1 aromatic carbocycles. The Kier molecular flexibility index (Phi) is 4.72. The summed E-state index contributed by atoms with van der Waals surface area (Å²) in [5, 5.41) is 4.11. The lowest BCUT2D eigenvalue weighted by Crippen LogP contribution is -2.48. The van der Waals surface area contributed by atoms with Crippen LogP contribution in [0.15, 0.2) is 18.2 Å². The molecular formula is C17H24ClNO2. The van der Waals surface area contributed by atoms with Gasteiger partial charge < -0.3 is 14.8 Å². The Balaban J connectivity index is 1.68. The van der Waals surface area contributed by atoms with Gasteiger partial charge in [-0.1, -0.05) is 18.5 Å². The molecule has 0 bridgehead atoms. The Morgan fingerprint density at radius 3 is 3.00 bits per heavy atom. The van der Waals surface area contributed by atoms with Gasteiger partial charge in [0.15, 0.2) is 0 Å². The highest BCUT2D eigenvalue weighted by atomic mass is 35.5. The molecule has 0 amide bonds. The summed E-state index contributed by atoms with van der Waals surface area (Å²) in [4.78, 5) is 0. The second kappa shape index (κ2) is 6.55. The van der Waals surface area contributed by atoms with Crippen molar-refractivity contribution in [2.24, 2.45) is 0 Å². The summed E-state index contributed by atoms with van der Waals surface area (Å²) in [5.41, 5.74) is 1.26. The third kappa shape index (κ3) is 3.53. The normalized spacial score (nSPS) is 23.8. The number of nitrogens with one attached hydrogen (secondary N) is 1. The van der Waals surface area contributed by atoms with Crippen LogP contribution in [0.5, 0.6) is 5.75 Å². The minimum absolute atomic E-state index is 0.122. The van der Waals surface area contributed by atoms with E-state index in [1.54, 1.807) is 0 Å². The molecule has 1 saturated heterocycles. The Morgan fingerprint density at radius 1 is 1.43 bits per heavy atom. The van der Waals surface area contributed by atoms with Gasteiger partial charge in [0.2, 0.25) is 0 Å². The van der Waals surface area contributed by atoms with E-state index in [-0.39, 0.29) is 11.7 Å². The SMILES string of the molecule is CCNCc1cc(Cl)ccc1OC1CCOC2(CCC2)C1. The molecule has 4 heteroatoms. The summed E-state index contributed by atoms with van der Waals surface area (Å²) in [7, 11) is 0. The molecule has 3 rings (SSSR count). The highest BCUT2D eigenvalue weighted by Gasteiger charge is 2.43. The third-order valence-corrected chi connectivity index (χ3v) is 4.83. The van der Waals surface area contributed by atoms with Crippen LogP contribution in [0.3, 0.4) is 0 Å². The van der Waals surface area contributed by atoms with E-state index in [0.29, 0.717) is 0 Å². The van der Waals surface area contributed by atoms with Gasteiger partial charge in [0.05, 0.1) is 12.2 Å². The van der Waals surface area contributed by atoms with Gasteiger partial charge >= 0.3 is 0 Å². The number of hydrogen-bond donors (Lipinski definition) is 1. The molecule has 1 saturated carbocycles. The lowest BCUT2D eigenvalue weighted by molar-refractivity contribution is -0.153. The highest BCUT2D eigenvalue weighted by Crippen LogP contribution is 2.43. The van der Waals surface area contributed by atoms with Gasteiger partial charge in [0, 0.05) is 30.0 Å². The molecule has 2 fully saturated rings. The topological polar surface area (TPSA) is 30.5 Å². The van der Waals surface area contributed by atoms with Crippen LogP contribution in [0.1, 0.15) is 44.6 Å². The average Bonchev–Trinajstić information content (AvgIpc) is 2.46. The predicted molar refractivity (Wildman–Crippen MR) is 85.0 cm³/mol. The molecule has 1 atom stereocenters. The summed E-state index contributed by atoms with van der Waals surface area (Å²) in [6.07, 6.45) is 5.94. The Bertz CT molecular complexity index is 488. The summed E-state index contributed by atoms with van der Waals surface area (Å²) in [6, 6.07) is 5.90. The number of ether oxygens (including phenoxy) is 2. The van der Waals surface area contributed by atoms with E-state index in [1.807, 2.05) is 18.2 Å². The maximum Gasteiger partial charge on any atom is 0.124 e. The summed E-state index contributed by atoms with van der Waals surface area (Å²) >= 11 is 6.11. The third-order valence-electron chi connectivity index (χ3n) is 4.59. The molecule has 1 spiro atoms. The van der Waals surface area contributed by atoms with Crippen molar-refractivity contribution in [1.82, 2.24) is 5.32 Å². The van der Waals surface area contributed by atoms with Gasteiger partial charge in [0.1, 0.15) is 11.9 Å². The van der Waals surface area contributed by atoms with Crippen molar-refractivity contribution in [2.45, 2.75) is 57.3 Å². The zero-order chi connectivity index (χ0) is 14.7. The predicted octanol–water partition coefficient (Wildman–Crippen LogP) is 3.93. The fraction of sp³-hybridized carbons (Fsp3) is 0.647. The van der Waals surface area contributed by atoms with E-state index in [4.69, 9.17) is 21.1 Å². The van der Waals surface area contributed by atoms with Gasteiger partial charge in [-0.15, -0.1) is 0 Å². The molecular weight excluding hydrogens is 286 g/mol. The van der Waals surface area contributed by atoms with E-state index in [9.17, 15) is 0 Å². The Hall–Kier alpha value is -0.770. The van der Waals surface area contributed by atoms with Crippen LogP contribution in [-0.4, -0.2) is 24.9 Å². The summed E-state index contributed by atoms with van der Waals surface area (Å²) < 4.78 is 12.3. The van der Waals surface area contributed by atoms with Crippen LogP contribution in [-0.2, 0) is 11.3 Å². The van der Waals surface area contributed by atoms with Crippen LogP contribution in [0.4, 0.5) is 0 Å². The van der Waals surface area contributed by atoms with Crippen LogP contribution >= 0.6 is 11.6 Å². The van der Waals surface area contributed by atoms with Crippen LogP contribution < -0.4 is 10.1 Å². The van der Waals surface area contributed by atoms with Crippen LogP contribution in [0.2, 0.25) is 5.02 Å². The van der Waals surface area contributed by atoms with Gasteiger partial charge in [-0.25, -0.2) is 0 Å². The molecule has 1 aliphatic heterocycles. The minimum atomic E-state index is 0.122. The second-order valence-electron chi connectivity index (χ2n) is 6.15. The van der Waals surface area contributed by atoms with Gasteiger partial charge in [-0.3, -0.25) is 0 Å². The monoisotopic (exact) mass is 309 g/mol. The van der Waals surface area contributed by atoms with E-state index in [0.717, 1.165) is 48.9 Å². The number of rotatable bonds is 5. The minimum Gasteiger partial charge on any atom is -0.490 e. The van der Waals surface area contributed by atoms with Crippen molar-refractivity contribution < 1.29 is 9.47 Å². The van der Waals surface area contributed by atoms with Crippen molar-refractivity contribution in [3.05, 3.63) is 28.8 Å². The fourth-order valence-corrected chi connectivity index (χ4v) is 3.44. The standard InChI is InChI=1S/C17H24ClNO2/c1-2-19-12-13-10-14(18)4-5-16(13)21-15-6-9-20-17(11-15)7-3-8-17/h4-5,10,15,19H,2-3,6-9,11-12H2,1H3. The first-order valence-corrected chi connectivity index (χ1v) is 8.38. The van der Waals surface area contributed by atoms with Gasteiger partial charge in [0.25, 0.3) is 0 Å². The summed E-state index contributed by atoms with van der Waals surface area (Å²) in [6.45, 7) is 4.65. The lowest BCUT2D eigenvalue weighted by Gasteiger charge is -2.47. The first-order chi connectivity index (χ1) is 10.2. The molecule has 1 aromatic rings. The molecule has 2 aliphatic rings. The number of halogens is 1. The fourth-order valence-electron chi connectivity index (χ4n) is 3.24. The van der Waals surface area contributed by atoms with E-state index >= 15 is 0 Å². The zero-order valence-corrected chi connectivity index (χ0v) is 13.4. The quantitative estimate of drug-likeness (QED) is 0.894. The number of hydrogen-bond acceptors (Lipinski definition) is 3. The maximum atomic E-state index is 6.29. The molecule has 1 aliphatic carbocycles. The van der Waals surface area contributed by atoms with Gasteiger partial charge in [-0.05, 0) is 44.0 Å². The molecule has 1 unspecified atom stereocenters. The van der Waals surface area contributed by atoms with Crippen LogP contribution in [0, 0.1) is 0 Å². The van der Waals surface area contributed by atoms with Gasteiger partial charge in [-0.2, -0.15) is 0 Å². The lowest BCUT2D eigenvalue weighted by atomic mass is 9.74. The zero-order valence-electron chi connectivity index (χ0n) is 12.7. The molecule has 21 heavy (non-hydrogen) atoms. The highest BCUT2D eigenvalue weighted by molar-refractivity contribution is 6.30.